The molecule has 0 radical (unpaired) electrons. The van der Waals surface area contributed by atoms with Crippen LogP contribution in [0, 0.1) is 0 Å². The maximum Gasteiger partial charge on any atom is 0.418 e. The molecule has 0 atom stereocenters. The van der Waals surface area contributed by atoms with E-state index in [4.69, 9.17) is 0 Å². The lowest BCUT2D eigenvalue weighted by Gasteiger charge is -2.11. The quantitative estimate of drug-likeness (QED) is 0.557. The van der Waals surface area contributed by atoms with Crippen molar-refractivity contribution in [2.45, 2.75) is 12.5 Å². The van der Waals surface area contributed by atoms with Crippen molar-refractivity contribution >= 4 is 0 Å². The highest BCUT2D eigenvalue weighted by molar-refractivity contribution is 4.52. The first-order valence-electron chi connectivity index (χ1n) is 1.86. The van der Waals surface area contributed by atoms with E-state index in [1.54, 1.807) is 0 Å². The third kappa shape index (κ3) is 2.59. The van der Waals surface area contributed by atoms with E-state index in [2.05, 4.69) is 4.74 Å². The van der Waals surface area contributed by atoms with Crippen molar-refractivity contribution in [3.05, 3.63) is 0 Å². The highest BCUT2D eigenvalue weighted by Crippen LogP contribution is 2.23. The predicted molar refractivity (Wildman–Crippen MR) is 18.0 cm³/mol. The summed E-state index contributed by atoms with van der Waals surface area (Å²) in [5.41, 5.74) is 0. The zero-order valence-electron chi connectivity index (χ0n) is 4.08. The number of hydrogen-bond donors (Lipinski definition) is 0. The summed E-state index contributed by atoms with van der Waals surface area (Å²) in [5.74, 6) is 0. The zero-order valence-corrected chi connectivity index (χ0v) is 4.08. The standard InChI is InChI=1S/C3H3F5O/c4-1-9-3(7,8)2(5)6/h2H,1H2. The molecule has 0 fully saturated rings. The van der Waals surface area contributed by atoms with Crippen molar-refractivity contribution in [3.63, 3.8) is 0 Å². The van der Waals surface area contributed by atoms with Gasteiger partial charge in [-0.2, -0.15) is 8.78 Å². The molecule has 0 aromatic rings. The van der Waals surface area contributed by atoms with Crippen molar-refractivity contribution in [1.29, 1.82) is 0 Å². The summed E-state index contributed by atoms with van der Waals surface area (Å²) in [5, 5.41) is 0. The first-order chi connectivity index (χ1) is 4.00. The molecule has 0 N–H and O–H groups in total. The number of halogens is 5. The number of hydrogen-bond acceptors (Lipinski definition) is 1. The molecule has 0 spiro atoms. The molecule has 9 heavy (non-hydrogen) atoms. The van der Waals surface area contributed by atoms with E-state index in [0.717, 1.165) is 0 Å². The lowest BCUT2D eigenvalue weighted by atomic mass is 10.7. The average Bonchev–Trinajstić information content (AvgIpc) is 1.65. The summed E-state index contributed by atoms with van der Waals surface area (Å²) >= 11 is 0. The van der Waals surface area contributed by atoms with E-state index in [-0.39, 0.29) is 0 Å². The van der Waals surface area contributed by atoms with Crippen molar-refractivity contribution in [2.75, 3.05) is 6.86 Å². The van der Waals surface area contributed by atoms with Gasteiger partial charge in [-0.3, -0.25) is 4.74 Å². The Labute approximate surface area is 47.4 Å². The van der Waals surface area contributed by atoms with Gasteiger partial charge in [0.1, 0.15) is 0 Å². The Bertz CT molecular complexity index is 82.3. The Kier molecular flexibility index (Phi) is 2.83. The smallest absolute Gasteiger partial charge is 0.284 e. The normalized spacial score (nSPS) is 12.7. The van der Waals surface area contributed by atoms with Gasteiger partial charge in [-0.05, 0) is 0 Å². The summed E-state index contributed by atoms with van der Waals surface area (Å²) in [6, 6.07) is 0. The molecule has 0 unspecified atom stereocenters. The minimum atomic E-state index is -4.66. The maximum atomic E-state index is 11.3. The third-order valence-electron chi connectivity index (χ3n) is 0.501. The molecular formula is C3H3F5O. The highest BCUT2D eigenvalue weighted by Gasteiger charge is 2.42. The van der Waals surface area contributed by atoms with Gasteiger partial charge >= 0.3 is 12.5 Å². The van der Waals surface area contributed by atoms with Gasteiger partial charge in [-0.15, -0.1) is 0 Å². The molecule has 0 aromatic heterocycles. The molecule has 0 aromatic carbocycles. The molecule has 0 aliphatic heterocycles. The van der Waals surface area contributed by atoms with Gasteiger partial charge in [0.05, 0.1) is 0 Å². The topological polar surface area (TPSA) is 9.23 Å². The van der Waals surface area contributed by atoms with E-state index in [9.17, 15) is 22.0 Å². The van der Waals surface area contributed by atoms with Crippen molar-refractivity contribution in [2.24, 2.45) is 0 Å². The Morgan fingerprint density at radius 1 is 1.33 bits per heavy atom. The molecule has 0 amide bonds. The van der Waals surface area contributed by atoms with Gasteiger partial charge in [0, 0.05) is 0 Å². The van der Waals surface area contributed by atoms with Crippen LogP contribution in [-0.2, 0) is 4.74 Å². The Morgan fingerprint density at radius 3 is 1.89 bits per heavy atom. The van der Waals surface area contributed by atoms with Gasteiger partial charge in [-0.1, -0.05) is 0 Å². The molecule has 0 bridgehead atoms. The van der Waals surface area contributed by atoms with Crippen LogP contribution in [0.15, 0.2) is 0 Å². The number of ether oxygens (including phenoxy) is 1. The first kappa shape index (κ1) is 8.61. The van der Waals surface area contributed by atoms with Crippen LogP contribution in [0.1, 0.15) is 0 Å². The second kappa shape index (κ2) is 2.95. The van der Waals surface area contributed by atoms with Crippen LogP contribution in [-0.4, -0.2) is 19.4 Å². The fraction of sp³-hybridized carbons (Fsp3) is 1.00. The molecule has 0 saturated carbocycles. The monoisotopic (exact) mass is 150 g/mol. The van der Waals surface area contributed by atoms with Gasteiger partial charge in [0.15, 0.2) is 6.86 Å². The Morgan fingerprint density at radius 2 is 1.78 bits per heavy atom. The Balaban J connectivity index is 3.70. The SMILES string of the molecule is FCOC(F)(F)C(F)F. The lowest BCUT2D eigenvalue weighted by molar-refractivity contribution is -0.312. The summed E-state index contributed by atoms with van der Waals surface area (Å²) in [6.07, 6.45) is -8.64. The van der Waals surface area contributed by atoms with Gasteiger partial charge in [0.2, 0.25) is 0 Å². The molecule has 0 heterocycles. The van der Waals surface area contributed by atoms with Crippen LogP contribution in [0.3, 0.4) is 0 Å². The van der Waals surface area contributed by atoms with Gasteiger partial charge < -0.3 is 0 Å². The van der Waals surface area contributed by atoms with E-state index in [1.165, 1.54) is 0 Å². The van der Waals surface area contributed by atoms with Crippen LogP contribution < -0.4 is 0 Å². The summed E-state index contributed by atoms with van der Waals surface area (Å²) < 4.78 is 58.1. The van der Waals surface area contributed by atoms with Gasteiger partial charge in [-0.25, -0.2) is 13.2 Å². The predicted octanol–water partition coefficient (Wildman–Crippen LogP) is 1.79. The molecule has 1 nitrogen and oxygen atoms in total. The minimum absolute atomic E-state index is 1.92. The van der Waals surface area contributed by atoms with E-state index >= 15 is 0 Å². The minimum Gasteiger partial charge on any atom is -0.284 e. The van der Waals surface area contributed by atoms with Crippen LogP contribution in [0.2, 0.25) is 0 Å². The maximum absolute atomic E-state index is 11.3. The fourth-order valence-electron chi connectivity index (χ4n) is 0.136. The average molecular weight is 150 g/mol. The molecule has 0 aliphatic rings. The first-order valence-corrected chi connectivity index (χ1v) is 1.86. The summed E-state index contributed by atoms with van der Waals surface area (Å²) in [6.45, 7) is -1.92. The molecule has 0 aliphatic carbocycles. The molecule has 56 valence electrons. The molecule has 0 saturated heterocycles. The summed E-state index contributed by atoms with van der Waals surface area (Å²) in [4.78, 5) is 0. The second-order valence-corrected chi connectivity index (χ2v) is 1.12. The zero-order chi connectivity index (χ0) is 7.49. The van der Waals surface area contributed by atoms with Gasteiger partial charge in [0.25, 0.3) is 0 Å². The lowest BCUT2D eigenvalue weighted by Crippen LogP contribution is -2.29. The molecular weight excluding hydrogens is 147 g/mol. The Hall–Kier alpha value is -0.390. The largest absolute Gasteiger partial charge is 0.418 e. The van der Waals surface area contributed by atoms with Crippen LogP contribution in [0.25, 0.3) is 0 Å². The second-order valence-electron chi connectivity index (χ2n) is 1.12. The third-order valence-corrected chi connectivity index (χ3v) is 0.501. The van der Waals surface area contributed by atoms with Crippen LogP contribution >= 0.6 is 0 Å². The van der Waals surface area contributed by atoms with E-state index in [1.807, 2.05) is 0 Å². The number of rotatable bonds is 3. The van der Waals surface area contributed by atoms with E-state index < -0.39 is 19.4 Å². The van der Waals surface area contributed by atoms with Crippen molar-refractivity contribution in [3.8, 4) is 0 Å². The van der Waals surface area contributed by atoms with Crippen molar-refractivity contribution < 1.29 is 26.7 Å². The fourth-order valence-corrected chi connectivity index (χ4v) is 0.136. The van der Waals surface area contributed by atoms with Crippen LogP contribution in [0.4, 0.5) is 22.0 Å². The van der Waals surface area contributed by atoms with E-state index in [0.29, 0.717) is 0 Å². The summed E-state index contributed by atoms with van der Waals surface area (Å²) in [7, 11) is 0. The number of alkyl halides is 5. The molecule has 6 heteroatoms. The highest BCUT2D eigenvalue weighted by atomic mass is 19.3. The van der Waals surface area contributed by atoms with Crippen molar-refractivity contribution in [1.82, 2.24) is 0 Å². The van der Waals surface area contributed by atoms with Crippen LogP contribution in [0.5, 0.6) is 0 Å². The molecule has 0 rings (SSSR count).